The Morgan fingerprint density at radius 1 is 1.04 bits per heavy atom. The maximum absolute atomic E-state index is 12.1. The van der Waals surface area contributed by atoms with E-state index >= 15 is 0 Å². The first kappa shape index (κ1) is 17.4. The molecule has 0 saturated carbocycles. The van der Waals surface area contributed by atoms with Crippen LogP contribution in [0.2, 0.25) is 0 Å². The molecule has 0 aliphatic heterocycles. The van der Waals surface area contributed by atoms with Crippen LogP contribution in [-0.4, -0.2) is 31.9 Å². The molecule has 0 amide bonds. The third-order valence-corrected chi connectivity index (χ3v) is 4.30. The molecule has 0 aliphatic carbocycles. The van der Waals surface area contributed by atoms with Crippen molar-refractivity contribution in [1.29, 1.82) is 0 Å². The summed E-state index contributed by atoms with van der Waals surface area (Å²) in [5.41, 5.74) is 1.37. The van der Waals surface area contributed by atoms with E-state index in [1.165, 1.54) is 0 Å². The van der Waals surface area contributed by atoms with E-state index in [1.807, 2.05) is 74.4 Å². The summed E-state index contributed by atoms with van der Waals surface area (Å²) in [6, 6.07) is 20.0. The van der Waals surface area contributed by atoms with E-state index in [-0.39, 0.29) is 6.10 Å². The quantitative estimate of drug-likeness (QED) is 0.694. The molecule has 2 aromatic rings. The first-order valence-electron chi connectivity index (χ1n) is 8.00. The summed E-state index contributed by atoms with van der Waals surface area (Å²) in [5.74, 6) is 0. The average Bonchev–Trinajstić information content (AvgIpc) is 2.60. The highest BCUT2D eigenvalue weighted by Crippen LogP contribution is 2.36. The predicted octanol–water partition coefficient (Wildman–Crippen LogP) is 3.81. The average molecular weight is 311 g/mol. The van der Waals surface area contributed by atoms with Crippen molar-refractivity contribution in [2.45, 2.75) is 25.0 Å². The third kappa shape index (κ3) is 3.87. The van der Waals surface area contributed by atoms with Crippen molar-refractivity contribution in [2.75, 3.05) is 20.7 Å². The molecule has 0 bridgehead atoms. The molecule has 0 saturated heterocycles. The minimum Gasteiger partial charge on any atom is -0.374 e. The zero-order valence-electron chi connectivity index (χ0n) is 14.1. The van der Waals surface area contributed by atoms with Crippen LogP contribution in [0.15, 0.2) is 60.7 Å². The Kier molecular flexibility index (Phi) is 6.08. The standard InChI is InChI=1S/C20H25NO2/c1-4-23-19(17-11-7-5-8-12-17)15-20(16-22,21(2)3)18-13-9-6-10-14-18/h5-14,16,19H,4,15H2,1-3H3. The number of likely N-dealkylation sites (N-methyl/N-ethyl adjacent to an activating group) is 1. The SMILES string of the molecule is CCOC(CC(C=O)(c1ccccc1)N(C)C)c1ccccc1. The van der Waals surface area contributed by atoms with Gasteiger partial charge in [-0.05, 0) is 32.1 Å². The van der Waals surface area contributed by atoms with Crippen molar-refractivity contribution in [3.8, 4) is 0 Å². The normalized spacial score (nSPS) is 15.1. The van der Waals surface area contributed by atoms with Crippen LogP contribution in [0.1, 0.15) is 30.6 Å². The number of carbonyl (C=O) groups is 1. The van der Waals surface area contributed by atoms with Gasteiger partial charge in [0.25, 0.3) is 0 Å². The number of hydrogen-bond donors (Lipinski definition) is 0. The van der Waals surface area contributed by atoms with E-state index in [9.17, 15) is 4.79 Å². The zero-order chi connectivity index (χ0) is 16.7. The number of ether oxygens (including phenoxy) is 1. The minimum atomic E-state index is -0.711. The lowest BCUT2D eigenvalue weighted by molar-refractivity contribution is -0.120. The number of hydrogen-bond acceptors (Lipinski definition) is 3. The predicted molar refractivity (Wildman–Crippen MR) is 93.3 cm³/mol. The fourth-order valence-electron chi connectivity index (χ4n) is 2.93. The van der Waals surface area contributed by atoms with E-state index in [0.29, 0.717) is 13.0 Å². The Bertz CT molecular complexity index is 598. The van der Waals surface area contributed by atoms with Gasteiger partial charge >= 0.3 is 0 Å². The lowest BCUT2D eigenvalue weighted by atomic mass is 9.83. The third-order valence-electron chi connectivity index (χ3n) is 4.30. The summed E-state index contributed by atoms with van der Waals surface area (Å²) >= 11 is 0. The molecule has 2 rings (SSSR count). The van der Waals surface area contributed by atoms with Crippen LogP contribution in [0.25, 0.3) is 0 Å². The van der Waals surface area contributed by atoms with Crippen molar-refractivity contribution >= 4 is 6.29 Å². The van der Waals surface area contributed by atoms with Crippen LogP contribution in [0.3, 0.4) is 0 Å². The topological polar surface area (TPSA) is 29.5 Å². The van der Waals surface area contributed by atoms with Gasteiger partial charge < -0.3 is 9.53 Å². The second-order valence-corrected chi connectivity index (χ2v) is 5.86. The first-order valence-corrected chi connectivity index (χ1v) is 8.00. The Labute approximate surface area is 138 Å². The highest BCUT2D eigenvalue weighted by atomic mass is 16.5. The monoisotopic (exact) mass is 311 g/mol. The molecule has 0 radical (unpaired) electrons. The van der Waals surface area contributed by atoms with Crippen molar-refractivity contribution < 1.29 is 9.53 Å². The summed E-state index contributed by atoms with van der Waals surface area (Å²) in [5, 5.41) is 0. The van der Waals surface area contributed by atoms with Gasteiger partial charge in [0.15, 0.2) is 0 Å². The second kappa shape index (κ2) is 8.04. The Balaban J connectivity index is 2.41. The maximum Gasteiger partial charge on any atom is 0.144 e. The van der Waals surface area contributed by atoms with E-state index in [0.717, 1.165) is 17.4 Å². The van der Waals surface area contributed by atoms with Gasteiger partial charge in [0.1, 0.15) is 11.8 Å². The molecule has 122 valence electrons. The number of aldehydes is 1. The largest absolute Gasteiger partial charge is 0.374 e. The van der Waals surface area contributed by atoms with Gasteiger partial charge in [-0.25, -0.2) is 0 Å². The summed E-state index contributed by atoms with van der Waals surface area (Å²) in [7, 11) is 3.88. The summed E-state index contributed by atoms with van der Waals surface area (Å²) in [4.78, 5) is 14.1. The molecule has 2 unspecified atom stereocenters. The number of nitrogens with zero attached hydrogens (tertiary/aromatic N) is 1. The number of benzene rings is 2. The molecule has 0 spiro atoms. The van der Waals surface area contributed by atoms with E-state index in [4.69, 9.17) is 4.74 Å². The molecule has 3 nitrogen and oxygen atoms in total. The van der Waals surface area contributed by atoms with Crippen molar-refractivity contribution in [3.63, 3.8) is 0 Å². The van der Waals surface area contributed by atoms with Crippen LogP contribution in [0.5, 0.6) is 0 Å². The lowest BCUT2D eigenvalue weighted by Crippen LogP contribution is -2.44. The van der Waals surface area contributed by atoms with Crippen molar-refractivity contribution in [2.24, 2.45) is 0 Å². The second-order valence-electron chi connectivity index (χ2n) is 5.86. The molecule has 0 aromatic heterocycles. The molecule has 0 aliphatic rings. The summed E-state index contributed by atoms with van der Waals surface area (Å²) in [6.45, 7) is 2.59. The Hall–Kier alpha value is -1.97. The van der Waals surface area contributed by atoms with Crippen LogP contribution >= 0.6 is 0 Å². The lowest BCUT2D eigenvalue weighted by Gasteiger charge is -2.38. The van der Waals surface area contributed by atoms with Crippen LogP contribution in [-0.2, 0) is 15.1 Å². The molecule has 0 heterocycles. The van der Waals surface area contributed by atoms with Gasteiger partial charge in [-0.1, -0.05) is 60.7 Å². The molecule has 0 fully saturated rings. The van der Waals surface area contributed by atoms with Crippen LogP contribution in [0, 0.1) is 0 Å². The smallest absolute Gasteiger partial charge is 0.144 e. The van der Waals surface area contributed by atoms with Crippen molar-refractivity contribution in [1.82, 2.24) is 4.90 Å². The van der Waals surface area contributed by atoms with Gasteiger partial charge in [0, 0.05) is 13.0 Å². The van der Waals surface area contributed by atoms with Gasteiger partial charge in [-0.15, -0.1) is 0 Å². The van der Waals surface area contributed by atoms with Crippen molar-refractivity contribution in [3.05, 3.63) is 71.8 Å². The molecule has 0 N–H and O–H groups in total. The molecular formula is C20H25NO2. The fraction of sp³-hybridized carbons (Fsp3) is 0.350. The highest BCUT2D eigenvalue weighted by molar-refractivity contribution is 5.68. The Morgan fingerprint density at radius 3 is 2.09 bits per heavy atom. The van der Waals surface area contributed by atoms with Gasteiger partial charge in [-0.3, -0.25) is 4.90 Å². The summed E-state index contributed by atoms with van der Waals surface area (Å²) < 4.78 is 5.97. The van der Waals surface area contributed by atoms with E-state index in [2.05, 4.69) is 12.1 Å². The van der Waals surface area contributed by atoms with Gasteiger partial charge in [-0.2, -0.15) is 0 Å². The number of rotatable bonds is 8. The summed E-state index contributed by atoms with van der Waals surface area (Å²) in [6.07, 6.45) is 1.48. The fourth-order valence-corrected chi connectivity index (χ4v) is 2.93. The minimum absolute atomic E-state index is 0.131. The van der Waals surface area contributed by atoms with E-state index in [1.54, 1.807) is 0 Å². The van der Waals surface area contributed by atoms with Gasteiger partial charge in [0.05, 0.1) is 6.10 Å². The maximum atomic E-state index is 12.1. The molecule has 2 aromatic carbocycles. The zero-order valence-corrected chi connectivity index (χ0v) is 14.1. The molecule has 23 heavy (non-hydrogen) atoms. The highest BCUT2D eigenvalue weighted by Gasteiger charge is 2.37. The van der Waals surface area contributed by atoms with E-state index < -0.39 is 5.54 Å². The first-order chi connectivity index (χ1) is 11.1. The molecule has 3 heteroatoms. The molecular weight excluding hydrogens is 286 g/mol. The van der Waals surface area contributed by atoms with Crippen LogP contribution in [0.4, 0.5) is 0 Å². The van der Waals surface area contributed by atoms with Crippen LogP contribution < -0.4 is 0 Å². The number of carbonyl (C=O) groups excluding carboxylic acids is 1. The Morgan fingerprint density at radius 2 is 1.61 bits per heavy atom. The van der Waals surface area contributed by atoms with Gasteiger partial charge in [0.2, 0.25) is 0 Å². The molecule has 2 atom stereocenters.